The summed E-state index contributed by atoms with van der Waals surface area (Å²) in [5, 5.41) is 11.4. The molecule has 16 heteroatoms. The molecular formula is C31H40FN4O10P. The van der Waals surface area contributed by atoms with E-state index in [1.807, 2.05) is 6.07 Å². The van der Waals surface area contributed by atoms with E-state index in [2.05, 4.69) is 25.8 Å². The minimum atomic E-state index is -4.94. The van der Waals surface area contributed by atoms with E-state index in [0.29, 0.717) is 55.4 Å². The Morgan fingerprint density at radius 3 is 2.45 bits per heavy atom. The van der Waals surface area contributed by atoms with E-state index < -0.39 is 37.2 Å². The predicted molar refractivity (Wildman–Crippen MR) is 172 cm³/mol. The summed E-state index contributed by atoms with van der Waals surface area (Å²) in [6, 6.07) is 10.7. The molecule has 47 heavy (non-hydrogen) atoms. The molecule has 0 aliphatic rings. The van der Waals surface area contributed by atoms with Gasteiger partial charge in [-0.15, -0.1) is 0 Å². The molecule has 0 radical (unpaired) electrons. The number of amides is 3. The van der Waals surface area contributed by atoms with Crippen LogP contribution < -0.4 is 31.4 Å². The second-order valence-electron chi connectivity index (χ2n) is 10.6. The van der Waals surface area contributed by atoms with Gasteiger partial charge in [-0.05, 0) is 56.5 Å². The molecule has 14 nitrogen and oxygen atoms in total. The lowest BCUT2D eigenvalue weighted by Gasteiger charge is -2.15. The van der Waals surface area contributed by atoms with Crippen LogP contribution in [0.15, 0.2) is 51.7 Å². The third kappa shape index (κ3) is 12.4. The molecule has 1 unspecified atom stereocenters. The van der Waals surface area contributed by atoms with Gasteiger partial charge in [0.05, 0.1) is 6.61 Å². The molecule has 256 valence electrons. The van der Waals surface area contributed by atoms with Crippen molar-refractivity contribution in [2.45, 2.75) is 45.2 Å². The fraction of sp³-hybridized carbons (Fsp3) is 0.419. The first kappa shape index (κ1) is 37.2. The lowest BCUT2D eigenvalue weighted by molar-refractivity contribution is -0.126. The van der Waals surface area contributed by atoms with Gasteiger partial charge in [-0.25, -0.2) is 13.8 Å². The molecule has 3 aromatic rings. The van der Waals surface area contributed by atoms with Crippen LogP contribution in [0.4, 0.5) is 10.1 Å². The number of halogens is 1. The quantitative estimate of drug-likeness (QED) is 0.0617. The second kappa shape index (κ2) is 18.1. The van der Waals surface area contributed by atoms with E-state index in [9.17, 15) is 28.1 Å². The Morgan fingerprint density at radius 2 is 1.70 bits per heavy atom. The van der Waals surface area contributed by atoms with Gasteiger partial charge in [0.25, 0.3) is 11.8 Å². The first-order valence-corrected chi connectivity index (χ1v) is 16.6. The molecule has 0 aliphatic carbocycles. The second-order valence-corrected chi connectivity index (χ2v) is 11.8. The Kier molecular flexibility index (Phi) is 14.3. The molecule has 3 amide bonds. The van der Waals surface area contributed by atoms with Crippen molar-refractivity contribution in [3.63, 3.8) is 0 Å². The molecule has 0 saturated heterocycles. The molecule has 0 fully saturated rings. The molecular weight excluding hydrogens is 638 g/mol. The summed E-state index contributed by atoms with van der Waals surface area (Å²) < 4.78 is 41.2. The standard InChI is InChI=1S/C31H40FN4O10P/c1-20-8-11-25(46-47(41,42)43)23(17-20)28(32)30(39)36-12-5-3-4-7-27(37)34-14-16-44-15-6-13-35-29(38)24-18-21-9-10-22(33-2)19-26(21)45-31(24)40/h8-11,17-19,28,33H,3-7,12-16H2,1-2H3,(H,34,37)(H,35,38)(H,36,39)(H2,41,42,43). The summed E-state index contributed by atoms with van der Waals surface area (Å²) in [4.78, 5) is 67.0. The molecule has 0 bridgehead atoms. The number of anilines is 1. The lowest BCUT2D eigenvalue weighted by atomic mass is 10.1. The number of alkyl halides is 1. The smallest absolute Gasteiger partial charge is 0.422 e. The van der Waals surface area contributed by atoms with Gasteiger partial charge in [-0.3, -0.25) is 24.2 Å². The number of fused-ring (bicyclic) bond motifs is 1. The minimum Gasteiger partial charge on any atom is -0.422 e. The third-order valence-electron chi connectivity index (χ3n) is 6.85. The van der Waals surface area contributed by atoms with Crippen LogP contribution in [0.3, 0.4) is 0 Å². The SMILES string of the molecule is CNc1ccc2cc(C(=O)NCCCOCCNC(=O)CCCCCNC(=O)C(F)c3cc(C)ccc3OP(=O)(O)O)c(=O)oc2c1. The van der Waals surface area contributed by atoms with Crippen LogP contribution in [0, 0.1) is 6.92 Å². The first-order valence-electron chi connectivity index (χ1n) is 15.0. The highest BCUT2D eigenvalue weighted by Crippen LogP contribution is 2.41. The van der Waals surface area contributed by atoms with Crippen molar-refractivity contribution >= 4 is 42.2 Å². The molecule has 2 aromatic carbocycles. The Morgan fingerprint density at radius 1 is 0.936 bits per heavy atom. The van der Waals surface area contributed by atoms with Crippen LogP contribution in [-0.4, -0.2) is 67.4 Å². The Bertz CT molecular complexity index is 1640. The highest BCUT2D eigenvalue weighted by molar-refractivity contribution is 7.46. The topological polar surface area (TPSA) is 206 Å². The monoisotopic (exact) mass is 678 g/mol. The van der Waals surface area contributed by atoms with E-state index in [1.165, 1.54) is 24.3 Å². The maximum Gasteiger partial charge on any atom is 0.524 e. The summed E-state index contributed by atoms with van der Waals surface area (Å²) in [7, 11) is -3.19. The number of ether oxygens (including phenoxy) is 1. The van der Waals surface area contributed by atoms with E-state index in [-0.39, 0.29) is 43.2 Å². The Balaban J connectivity index is 1.22. The number of rotatable bonds is 19. The average molecular weight is 679 g/mol. The summed E-state index contributed by atoms with van der Waals surface area (Å²) >= 11 is 0. The van der Waals surface area contributed by atoms with Crippen LogP contribution >= 0.6 is 7.82 Å². The number of phosphoric ester groups is 1. The van der Waals surface area contributed by atoms with Crippen LogP contribution in [0.5, 0.6) is 5.75 Å². The molecule has 6 N–H and O–H groups in total. The van der Waals surface area contributed by atoms with Gasteiger partial charge in [0.2, 0.25) is 12.1 Å². The molecule has 0 saturated carbocycles. The fourth-order valence-corrected chi connectivity index (χ4v) is 4.88. The van der Waals surface area contributed by atoms with Gasteiger partial charge in [-0.1, -0.05) is 18.1 Å². The number of benzene rings is 2. The van der Waals surface area contributed by atoms with Gasteiger partial charge in [0.15, 0.2) is 0 Å². The van der Waals surface area contributed by atoms with Gasteiger partial charge in [-0.2, -0.15) is 0 Å². The van der Waals surface area contributed by atoms with Crippen molar-refractivity contribution in [3.05, 3.63) is 69.6 Å². The molecule has 1 heterocycles. The fourth-order valence-electron chi connectivity index (χ4n) is 4.46. The number of hydrogen-bond acceptors (Lipinski definition) is 9. The van der Waals surface area contributed by atoms with Gasteiger partial charge in [0.1, 0.15) is 16.9 Å². The molecule has 0 aliphatic heterocycles. The van der Waals surface area contributed by atoms with Crippen LogP contribution in [0.2, 0.25) is 0 Å². The zero-order valence-corrected chi connectivity index (χ0v) is 27.1. The van der Waals surface area contributed by atoms with E-state index in [1.54, 1.807) is 26.1 Å². The predicted octanol–water partition coefficient (Wildman–Crippen LogP) is 3.25. The third-order valence-corrected chi connectivity index (χ3v) is 7.29. The highest BCUT2D eigenvalue weighted by Gasteiger charge is 2.27. The Hall–Kier alpha value is -4.30. The lowest BCUT2D eigenvalue weighted by Crippen LogP contribution is -2.30. The number of carbonyl (C=O) groups excluding carboxylic acids is 3. The van der Waals surface area contributed by atoms with Crippen molar-refractivity contribution in [2.24, 2.45) is 0 Å². The normalized spacial score (nSPS) is 11.9. The minimum absolute atomic E-state index is 0.0816. The van der Waals surface area contributed by atoms with Crippen molar-refractivity contribution in [1.29, 1.82) is 0 Å². The number of phosphoric acid groups is 1. The number of aryl methyl sites for hydroxylation is 1. The number of carbonyl (C=O) groups is 3. The Labute approximate surface area is 270 Å². The summed E-state index contributed by atoms with van der Waals surface area (Å²) in [5.41, 5.74) is 0.654. The van der Waals surface area contributed by atoms with Crippen molar-refractivity contribution in [1.82, 2.24) is 16.0 Å². The zero-order chi connectivity index (χ0) is 34.4. The number of hydrogen-bond donors (Lipinski definition) is 6. The maximum atomic E-state index is 14.8. The van der Waals surface area contributed by atoms with Crippen molar-refractivity contribution in [3.8, 4) is 5.75 Å². The maximum absolute atomic E-state index is 14.8. The molecule has 0 spiro atoms. The van der Waals surface area contributed by atoms with Crippen LogP contribution in [0.25, 0.3) is 11.0 Å². The summed E-state index contributed by atoms with van der Waals surface area (Å²) in [5.74, 6) is -2.08. The van der Waals surface area contributed by atoms with Crippen molar-refractivity contribution in [2.75, 3.05) is 45.2 Å². The van der Waals surface area contributed by atoms with E-state index in [4.69, 9.17) is 18.9 Å². The highest BCUT2D eigenvalue weighted by atomic mass is 31.2. The number of unbranched alkanes of at least 4 members (excludes halogenated alkanes) is 2. The molecule has 1 aromatic heterocycles. The number of nitrogens with one attached hydrogen (secondary N) is 4. The van der Waals surface area contributed by atoms with E-state index >= 15 is 0 Å². The molecule has 3 rings (SSSR count). The van der Waals surface area contributed by atoms with Crippen LogP contribution in [-0.2, 0) is 18.9 Å². The largest absolute Gasteiger partial charge is 0.524 e. The summed E-state index contributed by atoms with van der Waals surface area (Å²) in [6.45, 7) is 3.00. The average Bonchev–Trinajstić information content (AvgIpc) is 3.02. The zero-order valence-electron chi connectivity index (χ0n) is 26.2. The molecule has 1 atom stereocenters. The van der Waals surface area contributed by atoms with E-state index in [0.717, 1.165) is 5.69 Å². The van der Waals surface area contributed by atoms with Gasteiger partial charge in [0, 0.05) is 62.4 Å². The van der Waals surface area contributed by atoms with Gasteiger partial charge >= 0.3 is 13.4 Å². The first-order chi connectivity index (χ1) is 22.4. The van der Waals surface area contributed by atoms with Crippen molar-refractivity contribution < 1.29 is 46.8 Å². The van der Waals surface area contributed by atoms with Gasteiger partial charge < -0.3 is 34.9 Å². The summed E-state index contributed by atoms with van der Waals surface area (Å²) in [6.07, 6.45) is 0.214. The van der Waals surface area contributed by atoms with Crippen LogP contribution in [0.1, 0.15) is 59.8 Å².